The molecule has 1 rings (SSSR count). The number of para-hydroxylation sites is 1. The maximum Gasteiger partial charge on any atom is 0.238 e. The number of halogens is 2. The number of anilines is 1. The molecular weight excluding hydrogens is 311 g/mol. The highest BCUT2D eigenvalue weighted by atomic mass is 35.5. The van der Waals surface area contributed by atoms with Gasteiger partial charge in [-0.15, -0.1) is 0 Å². The van der Waals surface area contributed by atoms with Gasteiger partial charge in [-0.25, -0.2) is 0 Å². The second-order valence-electron chi connectivity index (χ2n) is 4.92. The van der Waals surface area contributed by atoms with Crippen LogP contribution in [0.15, 0.2) is 18.2 Å². The molecule has 0 saturated heterocycles. The predicted octanol–water partition coefficient (Wildman–Crippen LogP) is 3.32. The molecule has 0 heterocycles. The molecule has 118 valence electrons. The van der Waals surface area contributed by atoms with E-state index in [9.17, 15) is 9.90 Å². The Morgan fingerprint density at radius 2 is 1.81 bits per heavy atom. The molecule has 0 fully saturated rings. The third-order valence-electron chi connectivity index (χ3n) is 3.46. The lowest BCUT2D eigenvalue weighted by atomic mass is 9.97. The van der Waals surface area contributed by atoms with Gasteiger partial charge in [0.25, 0.3) is 0 Å². The van der Waals surface area contributed by atoms with Gasteiger partial charge in [0.2, 0.25) is 5.91 Å². The zero-order valence-electron chi connectivity index (χ0n) is 12.3. The molecule has 0 radical (unpaired) electrons. The molecule has 0 aliphatic heterocycles. The fourth-order valence-corrected chi connectivity index (χ4v) is 2.63. The maximum atomic E-state index is 11.8. The Morgan fingerprint density at radius 1 is 1.24 bits per heavy atom. The van der Waals surface area contributed by atoms with Gasteiger partial charge in [0, 0.05) is 6.54 Å². The first-order valence-electron chi connectivity index (χ1n) is 7.12. The van der Waals surface area contributed by atoms with E-state index in [-0.39, 0.29) is 18.4 Å². The number of carbonyl (C=O) groups excluding carboxylic acids is 1. The molecule has 1 amide bonds. The second-order valence-corrected chi connectivity index (χ2v) is 5.73. The molecule has 1 aromatic rings. The zero-order valence-corrected chi connectivity index (χ0v) is 13.8. The zero-order chi connectivity index (χ0) is 15.8. The Balaban J connectivity index is 2.41. The van der Waals surface area contributed by atoms with Gasteiger partial charge in [0.1, 0.15) is 0 Å². The van der Waals surface area contributed by atoms with Gasteiger partial charge in [0.05, 0.1) is 28.4 Å². The molecule has 3 N–H and O–H groups in total. The molecule has 1 atom stereocenters. The summed E-state index contributed by atoms with van der Waals surface area (Å²) in [5.41, 5.74) is 0.410. The molecule has 0 aromatic heterocycles. The van der Waals surface area contributed by atoms with Gasteiger partial charge < -0.3 is 15.7 Å². The molecule has 1 unspecified atom stereocenters. The van der Waals surface area contributed by atoms with Crippen LogP contribution in [0.4, 0.5) is 5.69 Å². The van der Waals surface area contributed by atoms with E-state index in [1.807, 2.05) is 13.8 Å². The highest BCUT2D eigenvalue weighted by Crippen LogP contribution is 2.29. The van der Waals surface area contributed by atoms with Crippen LogP contribution in [-0.4, -0.2) is 30.2 Å². The van der Waals surface area contributed by atoms with Crippen molar-refractivity contribution in [3.8, 4) is 0 Å². The summed E-state index contributed by atoms with van der Waals surface area (Å²) >= 11 is 12.0. The van der Waals surface area contributed by atoms with Gasteiger partial charge in [-0.2, -0.15) is 0 Å². The first-order valence-corrected chi connectivity index (χ1v) is 7.87. The average molecular weight is 333 g/mol. The largest absolute Gasteiger partial charge is 0.392 e. The molecule has 0 spiro atoms. The molecule has 1 aromatic carbocycles. The van der Waals surface area contributed by atoms with Crippen molar-refractivity contribution in [2.75, 3.05) is 18.4 Å². The molecule has 21 heavy (non-hydrogen) atoms. The summed E-state index contributed by atoms with van der Waals surface area (Å²) < 4.78 is 0. The minimum absolute atomic E-state index is 0.0960. The van der Waals surface area contributed by atoms with Crippen molar-refractivity contribution in [3.63, 3.8) is 0 Å². The highest BCUT2D eigenvalue weighted by Gasteiger charge is 2.15. The predicted molar refractivity (Wildman–Crippen MR) is 88.0 cm³/mol. The topological polar surface area (TPSA) is 61.4 Å². The highest BCUT2D eigenvalue weighted by molar-refractivity contribution is 6.39. The van der Waals surface area contributed by atoms with Crippen molar-refractivity contribution in [2.24, 2.45) is 5.92 Å². The van der Waals surface area contributed by atoms with Crippen LogP contribution in [0.1, 0.15) is 26.7 Å². The van der Waals surface area contributed by atoms with Crippen LogP contribution in [0.25, 0.3) is 0 Å². The first-order chi connectivity index (χ1) is 9.99. The first kappa shape index (κ1) is 18.2. The van der Waals surface area contributed by atoms with E-state index in [1.54, 1.807) is 18.2 Å². The van der Waals surface area contributed by atoms with Crippen LogP contribution in [0.3, 0.4) is 0 Å². The summed E-state index contributed by atoms with van der Waals surface area (Å²) in [6, 6.07) is 5.03. The number of aliphatic hydroxyl groups is 1. The Morgan fingerprint density at radius 3 is 2.33 bits per heavy atom. The van der Waals surface area contributed by atoms with Crippen molar-refractivity contribution in [3.05, 3.63) is 28.2 Å². The lowest BCUT2D eigenvalue weighted by Gasteiger charge is -2.20. The molecule has 0 aliphatic rings. The van der Waals surface area contributed by atoms with Crippen LogP contribution in [-0.2, 0) is 4.79 Å². The third-order valence-corrected chi connectivity index (χ3v) is 4.09. The van der Waals surface area contributed by atoms with E-state index in [1.165, 1.54) is 0 Å². The monoisotopic (exact) mass is 332 g/mol. The minimum atomic E-state index is -0.447. The van der Waals surface area contributed by atoms with E-state index in [4.69, 9.17) is 23.2 Å². The van der Waals surface area contributed by atoms with Gasteiger partial charge >= 0.3 is 0 Å². The van der Waals surface area contributed by atoms with Crippen molar-refractivity contribution in [2.45, 2.75) is 32.8 Å². The summed E-state index contributed by atoms with van der Waals surface area (Å²) in [4.78, 5) is 11.8. The van der Waals surface area contributed by atoms with Crippen molar-refractivity contribution in [1.82, 2.24) is 5.32 Å². The molecule has 0 saturated carbocycles. The van der Waals surface area contributed by atoms with Gasteiger partial charge in [-0.3, -0.25) is 4.79 Å². The number of benzene rings is 1. The molecular formula is C15H22Cl2N2O2. The molecule has 4 nitrogen and oxygen atoms in total. The lowest BCUT2D eigenvalue weighted by molar-refractivity contribution is -0.115. The van der Waals surface area contributed by atoms with Crippen molar-refractivity contribution in [1.29, 1.82) is 0 Å². The van der Waals surface area contributed by atoms with Gasteiger partial charge in [0.15, 0.2) is 0 Å². The number of hydrogen-bond donors (Lipinski definition) is 3. The van der Waals surface area contributed by atoms with E-state index < -0.39 is 6.10 Å². The quantitative estimate of drug-likeness (QED) is 0.684. The minimum Gasteiger partial charge on any atom is -0.392 e. The SMILES string of the molecule is CCC(CC)C(O)CNCC(=O)Nc1c(Cl)cccc1Cl. The Bertz CT molecular complexity index is 445. The van der Waals surface area contributed by atoms with Crippen LogP contribution in [0.2, 0.25) is 10.0 Å². The number of rotatable bonds is 8. The van der Waals surface area contributed by atoms with Crippen LogP contribution < -0.4 is 10.6 Å². The Kier molecular flexibility index (Phi) is 8.04. The molecule has 6 heteroatoms. The maximum absolute atomic E-state index is 11.8. The fourth-order valence-electron chi connectivity index (χ4n) is 2.13. The summed E-state index contributed by atoms with van der Waals surface area (Å²) in [7, 11) is 0. The summed E-state index contributed by atoms with van der Waals surface area (Å²) in [5, 5.41) is 16.4. The fraction of sp³-hybridized carbons (Fsp3) is 0.533. The number of nitrogens with one attached hydrogen (secondary N) is 2. The van der Waals surface area contributed by atoms with E-state index in [0.29, 0.717) is 22.3 Å². The van der Waals surface area contributed by atoms with Crippen LogP contribution in [0, 0.1) is 5.92 Å². The van der Waals surface area contributed by atoms with Gasteiger partial charge in [-0.1, -0.05) is 56.0 Å². The third kappa shape index (κ3) is 5.83. The summed E-state index contributed by atoms with van der Waals surface area (Å²) in [6.45, 7) is 4.57. The Labute approximate surface area is 135 Å². The van der Waals surface area contributed by atoms with Crippen LogP contribution in [0.5, 0.6) is 0 Å². The van der Waals surface area contributed by atoms with E-state index in [0.717, 1.165) is 12.8 Å². The van der Waals surface area contributed by atoms with Gasteiger partial charge in [-0.05, 0) is 18.1 Å². The number of aliphatic hydroxyl groups excluding tert-OH is 1. The Hall–Kier alpha value is -0.810. The smallest absolute Gasteiger partial charge is 0.238 e. The number of hydrogen-bond acceptors (Lipinski definition) is 3. The molecule has 0 aliphatic carbocycles. The number of carbonyl (C=O) groups is 1. The standard InChI is InChI=1S/C15H22Cl2N2O2/c1-3-10(4-2)13(20)8-18-9-14(21)19-15-11(16)6-5-7-12(15)17/h5-7,10,13,18,20H,3-4,8-9H2,1-2H3,(H,19,21). The van der Waals surface area contributed by atoms with E-state index >= 15 is 0 Å². The lowest BCUT2D eigenvalue weighted by Crippen LogP contribution is -2.37. The molecule has 0 bridgehead atoms. The summed E-state index contributed by atoms with van der Waals surface area (Å²) in [6.07, 6.45) is 1.39. The van der Waals surface area contributed by atoms with E-state index in [2.05, 4.69) is 10.6 Å². The van der Waals surface area contributed by atoms with Crippen LogP contribution >= 0.6 is 23.2 Å². The number of amides is 1. The summed E-state index contributed by atoms with van der Waals surface area (Å²) in [5.74, 6) is 0.000297. The van der Waals surface area contributed by atoms with Crippen molar-refractivity contribution >= 4 is 34.8 Å². The normalized spacial score (nSPS) is 12.5. The average Bonchev–Trinajstić information content (AvgIpc) is 2.44. The van der Waals surface area contributed by atoms with Crippen molar-refractivity contribution < 1.29 is 9.90 Å². The second kappa shape index (κ2) is 9.26.